The zero-order valence-corrected chi connectivity index (χ0v) is 13.3. The molecule has 23 heavy (non-hydrogen) atoms. The molecule has 0 aliphatic carbocycles. The van der Waals surface area contributed by atoms with Gasteiger partial charge in [0.2, 0.25) is 0 Å². The van der Waals surface area contributed by atoms with Crippen LogP contribution in [0.5, 0.6) is 0 Å². The molecule has 1 amide bonds. The maximum Gasteiger partial charge on any atom is 0.257 e. The van der Waals surface area contributed by atoms with Crippen molar-refractivity contribution in [3.05, 3.63) is 59.7 Å². The molecule has 2 aromatic carbocycles. The van der Waals surface area contributed by atoms with Crippen molar-refractivity contribution in [3.63, 3.8) is 0 Å². The molecule has 0 saturated heterocycles. The molecule has 0 fully saturated rings. The highest BCUT2D eigenvalue weighted by Crippen LogP contribution is 2.22. The van der Waals surface area contributed by atoms with Crippen LogP contribution in [0.1, 0.15) is 11.1 Å². The van der Waals surface area contributed by atoms with Crippen molar-refractivity contribution in [1.82, 2.24) is 10.4 Å². The van der Waals surface area contributed by atoms with Gasteiger partial charge in [-0.05, 0) is 24.6 Å². The molecule has 3 aromatic rings. The Balaban J connectivity index is 1.51. The number of fused-ring (bicyclic) bond motifs is 1. The predicted molar refractivity (Wildman–Crippen MR) is 91.6 cm³/mol. The van der Waals surface area contributed by atoms with E-state index in [1.54, 1.807) is 6.21 Å². The van der Waals surface area contributed by atoms with E-state index in [9.17, 15) is 4.79 Å². The smallest absolute Gasteiger partial charge is 0.257 e. The Hall–Kier alpha value is -2.60. The fourth-order valence-corrected chi connectivity index (χ4v) is 2.63. The number of amides is 1. The summed E-state index contributed by atoms with van der Waals surface area (Å²) in [5.41, 5.74) is 6.08. The second-order valence-electron chi connectivity index (χ2n) is 4.94. The number of hydrazone groups is 1. The topological polar surface area (TPSA) is 67.5 Å². The molecule has 1 N–H and O–H groups in total. The van der Waals surface area contributed by atoms with Gasteiger partial charge < -0.3 is 4.42 Å². The van der Waals surface area contributed by atoms with Crippen LogP contribution in [0.2, 0.25) is 0 Å². The van der Waals surface area contributed by atoms with Crippen molar-refractivity contribution in [2.24, 2.45) is 5.10 Å². The third-order valence-electron chi connectivity index (χ3n) is 3.05. The third kappa shape index (κ3) is 4.20. The number of aromatic nitrogens is 1. The molecular formula is C17H15N3O2S. The van der Waals surface area contributed by atoms with Gasteiger partial charge in [0.05, 0.1) is 12.0 Å². The van der Waals surface area contributed by atoms with E-state index in [4.69, 9.17) is 4.42 Å². The highest BCUT2D eigenvalue weighted by atomic mass is 32.2. The van der Waals surface area contributed by atoms with Gasteiger partial charge in [0.1, 0.15) is 5.52 Å². The van der Waals surface area contributed by atoms with Gasteiger partial charge in [-0.3, -0.25) is 4.79 Å². The SMILES string of the molecule is Cc1cccc(/C=N\NC(=O)CSc2nc3ccccc3o2)c1. The minimum atomic E-state index is -0.207. The first kappa shape index (κ1) is 15.3. The van der Waals surface area contributed by atoms with E-state index in [-0.39, 0.29) is 11.7 Å². The molecule has 5 nitrogen and oxygen atoms in total. The van der Waals surface area contributed by atoms with Gasteiger partial charge in [0, 0.05) is 0 Å². The van der Waals surface area contributed by atoms with E-state index in [0.29, 0.717) is 10.8 Å². The van der Waals surface area contributed by atoms with Crippen molar-refractivity contribution < 1.29 is 9.21 Å². The lowest BCUT2D eigenvalue weighted by molar-refractivity contribution is -0.118. The van der Waals surface area contributed by atoms with E-state index in [1.807, 2.05) is 55.5 Å². The van der Waals surface area contributed by atoms with Gasteiger partial charge >= 0.3 is 0 Å². The molecule has 6 heteroatoms. The number of nitrogens with one attached hydrogen (secondary N) is 1. The number of para-hydroxylation sites is 2. The number of hydrogen-bond acceptors (Lipinski definition) is 5. The Morgan fingerprint density at radius 2 is 2.17 bits per heavy atom. The summed E-state index contributed by atoms with van der Waals surface area (Å²) in [5, 5.41) is 4.42. The fourth-order valence-electron chi connectivity index (χ4n) is 2.00. The first-order valence-electron chi connectivity index (χ1n) is 7.08. The molecular weight excluding hydrogens is 310 g/mol. The minimum Gasteiger partial charge on any atom is -0.431 e. The summed E-state index contributed by atoms with van der Waals surface area (Å²) in [5.74, 6) is -0.0148. The predicted octanol–water partition coefficient (Wildman–Crippen LogP) is 3.38. The number of nitrogens with zero attached hydrogens (tertiary/aromatic N) is 2. The van der Waals surface area contributed by atoms with Gasteiger partial charge in [-0.1, -0.05) is 53.7 Å². The third-order valence-corrected chi connectivity index (χ3v) is 3.87. The number of thioether (sulfide) groups is 1. The van der Waals surface area contributed by atoms with Gasteiger partial charge in [-0.2, -0.15) is 5.10 Å². The second kappa shape index (κ2) is 7.11. The van der Waals surface area contributed by atoms with Crippen LogP contribution in [0.4, 0.5) is 0 Å². The summed E-state index contributed by atoms with van der Waals surface area (Å²) < 4.78 is 5.54. The molecule has 0 spiro atoms. The molecule has 116 valence electrons. The molecule has 0 aliphatic heterocycles. The van der Waals surface area contributed by atoms with Crippen LogP contribution < -0.4 is 5.43 Å². The van der Waals surface area contributed by atoms with Crippen LogP contribution >= 0.6 is 11.8 Å². The Labute approximate surface area is 137 Å². The van der Waals surface area contributed by atoms with E-state index in [2.05, 4.69) is 15.5 Å². The Kier molecular flexibility index (Phi) is 4.73. The van der Waals surface area contributed by atoms with Crippen LogP contribution in [0.25, 0.3) is 11.1 Å². The number of carbonyl (C=O) groups excluding carboxylic acids is 1. The van der Waals surface area contributed by atoms with Crippen molar-refractivity contribution in [3.8, 4) is 0 Å². The molecule has 0 radical (unpaired) electrons. The molecule has 0 bridgehead atoms. The molecule has 0 saturated carbocycles. The average Bonchev–Trinajstić information content (AvgIpc) is 2.96. The summed E-state index contributed by atoms with van der Waals surface area (Å²) in [4.78, 5) is 16.1. The standard InChI is InChI=1S/C17H15N3O2S/c1-12-5-4-6-13(9-12)10-18-20-16(21)11-23-17-19-14-7-2-3-8-15(14)22-17/h2-10H,11H2,1H3,(H,20,21)/b18-10-. The average molecular weight is 325 g/mol. The van der Waals surface area contributed by atoms with E-state index in [0.717, 1.165) is 16.6 Å². The number of hydrogen-bond donors (Lipinski definition) is 1. The van der Waals surface area contributed by atoms with Crippen molar-refractivity contribution in [2.75, 3.05) is 5.75 Å². The Morgan fingerprint density at radius 1 is 1.30 bits per heavy atom. The summed E-state index contributed by atoms with van der Waals surface area (Å²) in [6.07, 6.45) is 1.62. The van der Waals surface area contributed by atoms with Gasteiger partial charge in [0.25, 0.3) is 11.1 Å². The number of rotatable bonds is 5. The van der Waals surface area contributed by atoms with E-state index >= 15 is 0 Å². The number of carbonyl (C=O) groups is 1. The normalized spacial score (nSPS) is 11.2. The molecule has 3 rings (SSSR count). The summed E-state index contributed by atoms with van der Waals surface area (Å²) in [6, 6.07) is 15.4. The first-order chi connectivity index (χ1) is 11.2. The van der Waals surface area contributed by atoms with Gasteiger partial charge in [-0.25, -0.2) is 10.4 Å². The lowest BCUT2D eigenvalue weighted by Gasteiger charge is -1.98. The lowest BCUT2D eigenvalue weighted by Crippen LogP contribution is -2.19. The van der Waals surface area contributed by atoms with Crippen LogP contribution in [0.3, 0.4) is 0 Å². The van der Waals surface area contributed by atoms with Gasteiger partial charge in [-0.15, -0.1) is 0 Å². The van der Waals surface area contributed by atoms with Crippen LogP contribution in [0.15, 0.2) is 63.3 Å². The number of oxazole rings is 1. The molecule has 0 atom stereocenters. The fraction of sp³-hybridized carbons (Fsp3) is 0.118. The van der Waals surface area contributed by atoms with Crippen LogP contribution in [-0.4, -0.2) is 22.9 Å². The van der Waals surface area contributed by atoms with Crippen molar-refractivity contribution in [2.45, 2.75) is 12.1 Å². The zero-order valence-electron chi connectivity index (χ0n) is 12.5. The van der Waals surface area contributed by atoms with Crippen LogP contribution in [-0.2, 0) is 4.79 Å². The molecule has 0 unspecified atom stereocenters. The maximum atomic E-state index is 11.8. The Bertz CT molecular complexity index is 825. The number of aryl methyl sites for hydroxylation is 1. The minimum absolute atomic E-state index is 0.192. The van der Waals surface area contributed by atoms with Gasteiger partial charge in [0.15, 0.2) is 5.58 Å². The maximum absolute atomic E-state index is 11.8. The van der Waals surface area contributed by atoms with Crippen molar-refractivity contribution >= 4 is 35.0 Å². The molecule has 1 aromatic heterocycles. The number of benzene rings is 2. The quantitative estimate of drug-likeness (QED) is 0.444. The molecule has 0 aliphatic rings. The highest BCUT2D eigenvalue weighted by Gasteiger charge is 2.08. The zero-order chi connectivity index (χ0) is 16.1. The van der Waals surface area contributed by atoms with E-state index < -0.39 is 0 Å². The van der Waals surface area contributed by atoms with E-state index in [1.165, 1.54) is 11.8 Å². The summed E-state index contributed by atoms with van der Waals surface area (Å²) in [7, 11) is 0. The second-order valence-corrected chi connectivity index (χ2v) is 5.87. The van der Waals surface area contributed by atoms with Crippen molar-refractivity contribution in [1.29, 1.82) is 0 Å². The Morgan fingerprint density at radius 3 is 3.00 bits per heavy atom. The largest absolute Gasteiger partial charge is 0.431 e. The summed E-state index contributed by atoms with van der Waals surface area (Å²) >= 11 is 1.24. The highest BCUT2D eigenvalue weighted by molar-refractivity contribution is 7.99. The lowest BCUT2D eigenvalue weighted by atomic mass is 10.2. The first-order valence-corrected chi connectivity index (χ1v) is 8.06. The monoisotopic (exact) mass is 325 g/mol. The molecule has 1 heterocycles. The van der Waals surface area contributed by atoms with Crippen LogP contribution in [0, 0.1) is 6.92 Å². The summed E-state index contributed by atoms with van der Waals surface area (Å²) in [6.45, 7) is 2.01.